The highest BCUT2D eigenvalue weighted by atomic mass is 32.1. The lowest BCUT2D eigenvalue weighted by atomic mass is 10.3. The normalized spacial score (nSPS) is 11.3. The van der Waals surface area contributed by atoms with Crippen molar-refractivity contribution >= 4 is 44.9 Å². The molecule has 2 aromatic heterocycles. The summed E-state index contributed by atoms with van der Waals surface area (Å²) in [5.74, 6) is -0.105. The van der Waals surface area contributed by atoms with Crippen molar-refractivity contribution in [3.63, 3.8) is 0 Å². The Balaban J connectivity index is 1.50. The SMILES string of the molecule is Cc1nc(/C=C/C(=O)NCCc2nc3ccccc3s2)cs1. The van der Waals surface area contributed by atoms with E-state index in [-0.39, 0.29) is 5.91 Å². The number of para-hydroxylation sites is 1. The van der Waals surface area contributed by atoms with Crippen molar-refractivity contribution in [1.29, 1.82) is 0 Å². The van der Waals surface area contributed by atoms with E-state index in [1.165, 1.54) is 10.8 Å². The van der Waals surface area contributed by atoms with Gasteiger partial charge in [0.15, 0.2) is 0 Å². The minimum atomic E-state index is -0.105. The molecule has 0 aliphatic heterocycles. The summed E-state index contributed by atoms with van der Waals surface area (Å²) >= 11 is 3.25. The fraction of sp³-hybridized carbons (Fsp3) is 0.188. The zero-order valence-corrected chi connectivity index (χ0v) is 13.7. The van der Waals surface area contributed by atoms with Crippen LogP contribution in [0.15, 0.2) is 35.7 Å². The molecule has 1 amide bonds. The number of thiazole rings is 2. The lowest BCUT2D eigenvalue weighted by molar-refractivity contribution is -0.116. The summed E-state index contributed by atoms with van der Waals surface area (Å²) in [6, 6.07) is 8.07. The number of fused-ring (bicyclic) bond motifs is 1. The second-order valence-corrected chi connectivity index (χ2v) is 6.92. The van der Waals surface area contributed by atoms with Crippen LogP contribution in [0.4, 0.5) is 0 Å². The number of nitrogens with zero attached hydrogens (tertiary/aromatic N) is 2. The van der Waals surface area contributed by atoms with Crippen molar-refractivity contribution in [2.24, 2.45) is 0 Å². The molecule has 0 saturated carbocycles. The first-order chi connectivity index (χ1) is 10.7. The predicted octanol–water partition coefficient (Wildman–Crippen LogP) is 3.43. The van der Waals surface area contributed by atoms with E-state index >= 15 is 0 Å². The number of nitrogens with one attached hydrogen (secondary N) is 1. The van der Waals surface area contributed by atoms with Crippen LogP contribution in [0.3, 0.4) is 0 Å². The topological polar surface area (TPSA) is 54.9 Å². The average Bonchev–Trinajstić information content (AvgIpc) is 3.10. The van der Waals surface area contributed by atoms with Crippen molar-refractivity contribution in [3.8, 4) is 0 Å². The Morgan fingerprint density at radius 3 is 2.95 bits per heavy atom. The second kappa shape index (κ2) is 6.81. The molecule has 0 saturated heterocycles. The van der Waals surface area contributed by atoms with Gasteiger partial charge in [-0.3, -0.25) is 4.79 Å². The first kappa shape index (κ1) is 14.9. The smallest absolute Gasteiger partial charge is 0.244 e. The molecule has 6 heteroatoms. The summed E-state index contributed by atoms with van der Waals surface area (Å²) in [7, 11) is 0. The Kier molecular flexibility index (Phi) is 4.60. The monoisotopic (exact) mass is 329 g/mol. The molecule has 1 N–H and O–H groups in total. The molecule has 0 aliphatic carbocycles. The maximum atomic E-state index is 11.7. The zero-order valence-electron chi connectivity index (χ0n) is 12.1. The van der Waals surface area contributed by atoms with Crippen LogP contribution in [0.2, 0.25) is 0 Å². The van der Waals surface area contributed by atoms with Gasteiger partial charge in [0.1, 0.15) is 0 Å². The minimum absolute atomic E-state index is 0.105. The largest absolute Gasteiger partial charge is 0.352 e. The van der Waals surface area contributed by atoms with Crippen LogP contribution in [0.5, 0.6) is 0 Å². The molecule has 22 heavy (non-hydrogen) atoms. The Hall–Kier alpha value is -2.05. The number of hydrogen-bond donors (Lipinski definition) is 1. The fourth-order valence-electron chi connectivity index (χ4n) is 2.00. The van der Waals surface area contributed by atoms with E-state index in [2.05, 4.69) is 21.4 Å². The van der Waals surface area contributed by atoms with Gasteiger partial charge in [-0.1, -0.05) is 12.1 Å². The van der Waals surface area contributed by atoms with Crippen molar-refractivity contribution in [2.45, 2.75) is 13.3 Å². The van der Waals surface area contributed by atoms with Crippen molar-refractivity contribution in [3.05, 3.63) is 51.4 Å². The summed E-state index contributed by atoms with van der Waals surface area (Å²) in [6.45, 7) is 2.53. The van der Waals surface area contributed by atoms with Crippen LogP contribution in [0.1, 0.15) is 15.7 Å². The number of rotatable bonds is 5. The third-order valence-corrected chi connectivity index (χ3v) is 4.91. The third-order valence-electron chi connectivity index (χ3n) is 3.02. The van der Waals surface area contributed by atoms with Gasteiger partial charge in [0.05, 0.1) is 25.9 Å². The summed E-state index contributed by atoms with van der Waals surface area (Å²) in [5, 5.41) is 6.84. The van der Waals surface area contributed by atoms with Crippen LogP contribution in [-0.4, -0.2) is 22.4 Å². The second-order valence-electron chi connectivity index (χ2n) is 4.74. The van der Waals surface area contributed by atoms with Gasteiger partial charge in [0.25, 0.3) is 0 Å². The summed E-state index contributed by atoms with van der Waals surface area (Å²) < 4.78 is 1.18. The molecule has 0 radical (unpaired) electrons. The summed E-state index contributed by atoms with van der Waals surface area (Å²) in [5.41, 5.74) is 1.84. The lowest BCUT2D eigenvalue weighted by Gasteiger charge is -1.99. The molecule has 0 spiro atoms. The van der Waals surface area contributed by atoms with E-state index in [0.29, 0.717) is 6.54 Å². The van der Waals surface area contributed by atoms with E-state index < -0.39 is 0 Å². The molecule has 0 fully saturated rings. The molecule has 0 atom stereocenters. The maximum absolute atomic E-state index is 11.7. The van der Waals surface area contributed by atoms with Gasteiger partial charge in [0, 0.05) is 24.4 Å². The minimum Gasteiger partial charge on any atom is -0.352 e. The van der Waals surface area contributed by atoms with E-state index in [1.807, 2.05) is 30.5 Å². The van der Waals surface area contributed by atoms with E-state index in [4.69, 9.17) is 0 Å². The Morgan fingerprint density at radius 2 is 2.18 bits per heavy atom. The van der Waals surface area contributed by atoms with Crippen LogP contribution in [0.25, 0.3) is 16.3 Å². The fourth-order valence-corrected chi connectivity index (χ4v) is 3.54. The predicted molar refractivity (Wildman–Crippen MR) is 92.2 cm³/mol. The summed E-state index contributed by atoms with van der Waals surface area (Å²) in [6.07, 6.45) is 4.00. The van der Waals surface area contributed by atoms with Crippen LogP contribution < -0.4 is 5.32 Å². The number of carbonyl (C=O) groups is 1. The molecular formula is C16H15N3OS2. The molecule has 0 unspecified atom stereocenters. The number of amides is 1. The van der Waals surface area contributed by atoms with E-state index in [9.17, 15) is 4.79 Å². The van der Waals surface area contributed by atoms with Gasteiger partial charge in [-0.2, -0.15) is 0 Å². The third kappa shape index (κ3) is 3.78. The highest BCUT2D eigenvalue weighted by Crippen LogP contribution is 2.21. The van der Waals surface area contributed by atoms with Crippen LogP contribution >= 0.6 is 22.7 Å². The van der Waals surface area contributed by atoms with Gasteiger partial charge >= 0.3 is 0 Å². The molecular weight excluding hydrogens is 314 g/mol. The molecule has 3 aromatic rings. The van der Waals surface area contributed by atoms with Gasteiger partial charge in [0.2, 0.25) is 5.91 Å². The lowest BCUT2D eigenvalue weighted by Crippen LogP contribution is -2.23. The van der Waals surface area contributed by atoms with Crippen molar-refractivity contribution in [2.75, 3.05) is 6.54 Å². The molecule has 112 valence electrons. The maximum Gasteiger partial charge on any atom is 0.244 e. The molecule has 2 heterocycles. The quantitative estimate of drug-likeness (QED) is 0.730. The molecule has 3 rings (SSSR count). The van der Waals surface area contributed by atoms with Crippen LogP contribution in [0, 0.1) is 6.92 Å². The Morgan fingerprint density at radius 1 is 1.32 bits per heavy atom. The molecule has 0 bridgehead atoms. The van der Waals surface area contributed by atoms with Gasteiger partial charge in [-0.15, -0.1) is 22.7 Å². The Bertz CT molecular complexity index is 787. The van der Waals surface area contributed by atoms with Gasteiger partial charge in [-0.25, -0.2) is 9.97 Å². The zero-order chi connectivity index (χ0) is 15.4. The average molecular weight is 329 g/mol. The number of aromatic nitrogens is 2. The van der Waals surface area contributed by atoms with E-state index in [1.54, 1.807) is 28.7 Å². The first-order valence-corrected chi connectivity index (χ1v) is 8.63. The van der Waals surface area contributed by atoms with E-state index in [0.717, 1.165) is 27.6 Å². The van der Waals surface area contributed by atoms with Crippen molar-refractivity contribution in [1.82, 2.24) is 15.3 Å². The van der Waals surface area contributed by atoms with Crippen molar-refractivity contribution < 1.29 is 4.79 Å². The number of benzene rings is 1. The molecule has 0 aliphatic rings. The molecule has 4 nitrogen and oxygen atoms in total. The number of hydrogen-bond acceptors (Lipinski definition) is 5. The summed E-state index contributed by atoms with van der Waals surface area (Å²) in [4.78, 5) is 20.6. The molecule has 1 aromatic carbocycles. The highest BCUT2D eigenvalue weighted by Gasteiger charge is 2.03. The van der Waals surface area contributed by atoms with Crippen LogP contribution in [-0.2, 0) is 11.2 Å². The standard InChI is InChI=1S/C16H15N3OS2/c1-11-18-12(10-21-11)6-7-15(20)17-9-8-16-19-13-4-2-3-5-14(13)22-16/h2-7,10H,8-9H2,1H3,(H,17,20)/b7-6+. The number of aryl methyl sites for hydroxylation is 1. The highest BCUT2D eigenvalue weighted by molar-refractivity contribution is 7.18. The number of carbonyl (C=O) groups excluding carboxylic acids is 1. The van der Waals surface area contributed by atoms with Gasteiger partial charge < -0.3 is 5.32 Å². The first-order valence-electron chi connectivity index (χ1n) is 6.93. The Labute approximate surface area is 136 Å². The van der Waals surface area contributed by atoms with Gasteiger partial charge in [-0.05, 0) is 25.1 Å².